The number of fused-ring (bicyclic) bond motifs is 2. The molecule has 10 atom stereocenters. The predicted molar refractivity (Wildman–Crippen MR) is 189 cm³/mol. The number of ether oxygens (including phenoxy) is 5. The van der Waals surface area contributed by atoms with E-state index in [0.717, 1.165) is 36.0 Å². The van der Waals surface area contributed by atoms with Crippen LogP contribution >= 0.6 is 0 Å². The Balaban J connectivity index is 1.09. The third-order valence-electron chi connectivity index (χ3n) is 14.5. The smallest absolute Gasteiger partial charge is 0.224 e. The Kier molecular flexibility index (Phi) is 7.56. The number of rotatable bonds is 11. The first kappa shape index (κ1) is 33.7. The van der Waals surface area contributed by atoms with E-state index < -0.39 is 34.7 Å². The van der Waals surface area contributed by atoms with Crippen LogP contribution in [0.4, 0.5) is 0 Å². The number of benzene rings is 2. The number of ketones is 1. The maximum absolute atomic E-state index is 15.3. The Hall–Kier alpha value is -3.11. The molecule has 51 heavy (non-hydrogen) atoms. The lowest BCUT2D eigenvalue weighted by Crippen LogP contribution is -2.66. The first-order valence-electron chi connectivity index (χ1n) is 18.6. The van der Waals surface area contributed by atoms with Crippen molar-refractivity contribution >= 4 is 5.78 Å². The van der Waals surface area contributed by atoms with Gasteiger partial charge in [-0.1, -0.05) is 93.6 Å². The average Bonchev–Trinajstić information content (AvgIpc) is 3.56. The molecule has 2 aliphatic heterocycles. The van der Waals surface area contributed by atoms with E-state index in [0.29, 0.717) is 54.8 Å². The van der Waals surface area contributed by atoms with Crippen molar-refractivity contribution in [2.24, 2.45) is 33.5 Å². The summed E-state index contributed by atoms with van der Waals surface area (Å²) in [5.74, 6) is 0.765. The molecule has 2 saturated heterocycles. The summed E-state index contributed by atoms with van der Waals surface area (Å²) >= 11 is 0. The van der Waals surface area contributed by atoms with Gasteiger partial charge in [0, 0.05) is 28.4 Å². The third-order valence-corrected chi connectivity index (χ3v) is 14.5. The van der Waals surface area contributed by atoms with Crippen LogP contribution in [0.25, 0.3) is 0 Å². The predicted octanol–water partition coefficient (Wildman–Crippen LogP) is 6.21. The van der Waals surface area contributed by atoms with E-state index in [1.807, 2.05) is 62.4 Å². The van der Waals surface area contributed by atoms with Gasteiger partial charge < -0.3 is 33.9 Å². The van der Waals surface area contributed by atoms with Gasteiger partial charge in [0.2, 0.25) is 5.78 Å². The second-order valence-corrected chi connectivity index (χ2v) is 17.0. The zero-order chi connectivity index (χ0) is 35.6. The van der Waals surface area contributed by atoms with E-state index in [1.54, 1.807) is 0 Å². The van der Waals surface area contributed by atoms with E-state index in [4.69, 9.17) is 30.3 Å². The van der Waals surface area contributed by atoms with Gasteiger partial charge in [-0.3, -0.25) is 4.79 Å². The molecule has 8 nitrogen and oxygen atoms in total. The number of carbonyl (C=O) groups excluding carboxylic acids is 1. The molecular formula is C43H50O8. The van der Waals surface area contributed by atoms with Crippen LogP contribution in [-0.4, -0.2) is 66.5 Å². The molecule has 4 bridgehead atoms. The Morgan fingerprint density at radius 3 is 2.27 bits per heavy atom. The number of hydrogen-bond acceptors (Lipinski definition) is 8. The van der Waals surface area contributed by atoms with Crippen molar-refractivity contribution in [3.8, 4) is 0 Å². The zero-order valence-corrected chi connectivity index (χ0v) is 30.2. The van der Waals surface area contributed by atoms with Gasteiger partial charge in [-0.05, 0) is 59.6 Å². The number of Topliss-reactive ketones (excluding diaryl/α,β-unsaturated/α-hetero) is 1. The number of aliphatic hydroxyl groups excluding tert-OH is 2. The first-order valence-corrected chi connectivity index (χ1v) is 18.6. The second kappa shape index (κ2) is 11.4. The van der Waals surface area contributed by atoms with Crippen molar-refractivity contribution in [3.05, 3.63) is 106 Å². The monoisotopic (exact) mass is 694 g/mol. The first-order chi connectivity index (χ1) is 24.5. The lowest BCUT2D eigenvalue weighted by atomic mass is 9.33. The SMILES string of the molecule is C=C1[C@@]23C4=C(CC[C@@]2(C)[C@]1([C@@H]1C[C@H]1COCc1ccccc1)C[C@@H]3OCOCc1ccccc1)[C@H](O)[C@]12C[C@@H](O)[C@H](O1)C(C)(C)C2=C(OC)C4=O. The van der Waals surface area contributed by atoms with Crippen LogP contribution in [0.5, 0.6) is 0 Å². The van der Waals surface area contributed by atoms with Gasteiger partial charge in [0.15, 0.2) is 5.76 Å². The lowest BCUT2D eigenvalue weighted by Gasteiger charge is -2.69. The molecule has 8 heteroatoms. The zero-order valence-electron chi connectivity index (χ0n) is 30.2. The van der Waals surface area contributed by atoms with Gasteiger partial charge in [-0.15, -0.1) is 0 Å². The average molecular weight is 695 g/mol. The van der Waals surface area contributed by atoms with Crippen molar-refractivity contribution in [2.45, 2.75) is 96.1 Å². The molecule has 2 aromatic carbocycles. The minimum absolute atomic E-state index is 0.0700. The van der Waals surface area contributed by atoms with Crippen LogP contribution in [-0.2, 0) is 41.7 Å². The number of carbonyl (C=O) groups is 1. The Morgan fingerprint density at radius 1 is 0.941 bits per heavy atom. The number of methoxy groups -OCH3 is 1. The molecule has 4 saturated carbocycles. The van der Waals surface area contributed by atoms with Gasteiger partial charge in [-0.2, -0.15) is 0 Å². The van der Waals surface area contributed by atoms with Crippen LogP contribution in [0.1, 0.15) is 64.0 Å². The topological polar surface area (TPSA) is 104 Å². The maximum Gasteiger partial charge on any atom is 0.224 e. The van der Waals surface area contributed by atoms with Gasteiger partial charge in [0.05, 0.1) is 50.7 Å². The number of aliphatic hydroxyl groups is 2. The molecule has 270 valence electrons. The fraction of sp³-hybridized carbons (Fsp3) is 0.558. The largest absolute Gasteiger partial charge is 0.493 e. The molecule has 0 radical (unpaired) electrons. The summed E-state index contributed by atoms with van der Waals surface area (Å²) < 4.78 is 31.9. The minimum atomic E-state index is -1.23. The molecule has 0 aromatic heterocycles. The van der Waals surface area contributed by atoms with E-state index in [9.17, 15) is 10.2 Å². The lowest BCUT2D eigenvalue weighted by molar-refractivity contribution is -0.154. The summed E-state index contributed by atoms with van der Waals surface area (Å²) in [7, 11) is 1.54. The van der Waals surface area contributed by atoms with Crippen molar-refractivity contribution in [1.29, 1.82) is 0 Å². The standard InChI is InChI=1S/C43H50O8/c1-25-41(30-18-28(30)23-48-21-26-12-8-6-9-13-26)20-32(50-24-49-22-27-14-10-7-11-15-27)43(25)33-29(16-17-40(41,43)4)37(46)42-19-31(44)38(51-42)39(2,3)36(42)35(47-5)34(33)45/h6-15,28,30-32,37-38,44,46H,1,16-24H2,2-5H3/t28-,30+,31+,32-,37-,38-,40-,41+,42+,43+/m0/s1. The van der Waals surface area contributed by atoms with Gasteiger partial charge in [-0.25, -0.2) is 0 Å². The van der Waals surface area contributed by atoms with Gasteiger partial charge in [0.1, 0.15) is 18.5 Å². The van der Waals surface area contributed by atoms with Crippen molar-refractivity contribution in [3.63, 3.8) is 0 Å². The minimum Gasteiger partial charge on any atom is -0.493 e. The molecule has 0 amide bonds. The molecule has 10 rings (SSSR count). The highest BCUT2D eigenvalue weighted by atomic mass is 16.7. The summed E-state index contributed by atoms with van der Waals surface area (Å²) in [5.41, 5.74) is 1.79. The third kappa shape index (κ3) is 4.15. The van der Waals surface area contributed by atoms with Crippen LogP contribution in [0.3, 0.4) is 0 Å². The second-order valence-electron chi connectivity index (χ2n) is 17.0. The van der Waals surface area contributed by atoms with Crippen LogP contribution in [0, 0.1) is 33.5 Å². The van der Waals surface area contributed by atoms with Crippen molar-refractivity contribution < 1.29 is 38.7 Å². The van der Waals surface area contributed by atoms with Crippen molar-refractivity contribution in [1.82, 2.24) is 0 Å². The van der Waals surface area contributed by atoms with Crippen LogP contribution < -0.4 is 0 Å². The molecule has 2 spiro atoms. The van der Waals surface area contributed by atoms with Gasteiger partial charge in [0.25, 0.3) is 0 Å². The van der Waals surface area contributed by atoms with E-state index in [1.165, 1.54) is 7.11 Å². The fourth-order valence-electron chi connectivity index (χ4n) is 12.5. The molecule has 8 aliphatic rings. The summed E-state index contributed by atoms with van der Waals surface area (Å²) in [6.07, 6.45) is 0.506. The number of allylic oxidation sites excluding steroid dienone is 1. The van der Waals surface area contributed by atoms with E-state index >= 15 is 4.79 Å². The molecule has 6 fully saturated rings. The fourth-order valence-corrected chi connectivity index (χ4v) is 12.5. The summed E-state index contributed by atoms with van der Waals surface area (Å²) in [6, 6.07) is 20.3. The Bertz CT molecular complexity index is 1830. The molecule has 2 N–H and O–H groups in total. The highest BCUT2D eigenvalue weighted by Crippen LogP contribution is 2.91. The summed E-state index contributed by atoms with van der Waals surface area (Å²) in [5, 5.41) is 23.7. The highest BCUT2D eigenvalue weighted by molar-refractivity contribution is 6.11. The van der Waals surface area contributed by atoms with Crippen LogP contribution in [0.15, 0.2) is 95.3 Å². The quantitative estimate of drug-likeness (QED) is 0.163. The number of hydrogen-bond donors (Lipinski definition) is 2. The van der Waals surface area contributed by atoms with Crippen LogP contribution in [0.2, 0.25) is 0 Å². The normalized spacial score (nSPS) is 41.2. The summed E-state index contributed by atoms with van der Waals surface area (Å²) in [4.78, 5) is 15.3. The maximum atomic E-state index is 15.3. The molecular weight excluding hydrogens is 644 g/mol. The Morgan fingerprint density at radius 2 is 1.61 bits per heavy atom. The van der Waals surface area contributed by atoms with Crippen molar-refractivity contribution in [2.75, 3.05) is 20.5 Å². The molecule has 0 unspecified atom stereocenters. The highest BCUT2D eigenvalue weighted by Gasteiger charge is 2.88. The molecule has 6 aliphatic carbocycles. The van der Waals surface area contributed by atoms with E-state index in [2.05, 4.69) is 19.1 Å². The van der Waals surface area contributed by atoms with Gasteiger partial charge >= 0.3 is 0 Å². The molecule has 2 aromatic rings. The van der Waals surface area contributed by atoms with E-state index in [-0.39, 0.29) is 41.7 Å². The molecule has 2 heterocycles. The Labute approximate surface area is 300 Å². The summed E-state index contributed by atoms with van der Waals surface area (Å²) in [6.45, 7) is 12.9.